The van der Waals surface area contributed by atoms with Crippen LogP contribution in [-0.2, 0) is 0 Å². The van der Waals surface area contributed by atoms with Crippen LogP contribution in [0.5, 0.6) is 23.0 Å². The minimum atomic E-state index is -4.87. The highest BCUT2D eigenvalue weighted by Crippen LogP contribution is 2.42. The first-order valence-corrected chi connectivity index (χ1v) is 8.75. The van der Waals surface area contributed by atoms with E-state index in [-0.39, 0.29) is 27.8 Å². The Hall–Kier alpha value is -3.26. The van der Waals surface area contributed by atoms with Crippen molar-refractivity contribution in [3.63, 3.8) is 0 Å². The van der Waals surface area contributed by atoms with Crippen molar-refractivity contribution < 1.29 is 36.6 Å². The van der Waals surface area contributed by atoms with Crippen molar-refractivity contribution in [1.29, 1.82) is 0 Å². The van der Waals surface area contributed by atoms with Crippen LogP contribution in [0.2, 0.25) is 5.02 Å². The van der Waals surface area contributed by atoms with E-state index in [1.807, 2.05) is 0 Å². The molecule has 3 aromatic carbocycles. The third-order valence-corrected chi connectivity index (χ3v) is 4.27. The van der Waals surface area contributed by atoms with Crippen LogP contribution in [0.25, 0.3) is 11.1 Å². The first-order valence-electron chi connectivity index (χ1n) is 8.37. The smallest absolute Gasteiger partial charge is 0.493 e. The number of alkyl halides is 3. The number of halogens is 5. The second-order valence-electron chi connectivity index (χ2n) is 5.94. The Labute approximate surface area is 173 Å². The summed E-state index contributed by atoms with van der Waals surface area (Å²) in [5, 5.41) is -0.155. The molecule has 0 fully saturated rings. The van der Waals surface area contributed by atoms with Crippen molar-refractivity contribution in [3.05, 3.63) is 71.0 Å². The molecule has 0 amide bonds. The van der Waals surface area contributed by atoms with Gasteiger partial charge >= 0.3 is 6.36 Å². The van der Waals surface area contributed by atoms with Gasteiger partial charge in [0.15, 0.2) is 17.3 Å². The molecule has 0 aliphatic carbocycles. The summed E-state index contributed by atoms with van der Waals surface area (Å²) in [4.78, 5) is 10.9. The Kier molecular flexibility index (Phi) is 6.17. The number of methoxy groups -OCH3 is 1. The molecule has 4 nitrogen and oxygen atoms in total. The van der Waals surface area contributed by atoms with E-state index in [0.717, 1.165) is 12.1 Å². The predicted molar refractivity (Wildman–Crippen MR) is 102 cm³/mol. The van der Waals surface area contributed by atoms with E-state index >= 15 is 0 Å². The molecule has 3 rings (SSSR count). The van der Waals surface area contributed by atoms with Gasteiger partial charge in [-0.1, -0.05) is 35.9 Å². The molecule has 0 radical (unpaired) electrons. The number of aldehydes is 1. The van der Waals surface area contributed by atoms with Gasteiger partial charge in [-0.3, -0.25) is 4.79 Å². The molecule has 3 aromatic rings. The van der Waals surface area contributed by atoms with Crippen molar-refractivity contribution in [3.8, 4) is 34.1 Å². The number of rotatable bonds is 6. The Morgan fingerprint density at radius 3 is 2.20 bits per heavy atom. The van der Waals surface area contributed by atoms with Gasteiger partial charge in [-0.15, -0.1) is 13.2 Å². The largest absolute Gasteiger partial charge is 0.573 e. The van der Waals surface area contributed by atoms with Crippen LogP contribution in [0.4, 0.5) is 17.6 Å². The number of carbonyl (C=O) groups excluding carboxylic acids is 1. The lowest BCUT2D eigenvalue weighted by molar-refractivity contribution is -0.274. The first kappa shape index (κ1) is 21.4. The highest BCUT2D eigenvalue weighted by Gasteiger charge is 2.31. The van der Waals surface area contributed by atoms with E-state index in [2.05, 4.69) is 4.74 Å². The highest BCUT2D eigenvalue weighted by atomic mass is 35.5. The van der Waals surface area contributed by atoms with Crippen LogP contribution in [0, 0.1) is 5.82 Å². The fourth-order valence-corrected chi connectivity index (χ4v) is 2.82. The third-order valence-electron chi connectivity index (χ3n) is 3.98. The molecule has 0 saturated heterocycles. The molecule has 0 aliphatic heterocycles. The predicted octanol–water partition coefficient (Wildman–Crippen LogP) is 6.66. The fourth-order valence-electron chi connectivity index (χ4n) is 2.66. The number of hydrogen-bond donors (Lipinski definition) is 0. The molecule has 0 aromatic heterocycles. The molecule has 0 spiro atoms. The second-order valence-corrected chi connectivity index (χ2v) is 6.34. The quantitative estimate of drug-likeness (QED) is 0.317. The number of hydrogen-bond acceptors (Lipinski definition) is 4. The monoisotopic (exact) mass is 440 g/mol. The molecule has 30 heavy (non-hydrogen) atoms. The molecule has 0 aliphatic rings. The summed E-state index contributed by atoms with van der Waals surface area (Å²) in [5.74, 6) is -1.25. The normalized spacial score (nSPS) is 11.1. The van der Waals surface area contributed by atoms with Crippen molar-refractivity contribution in [2.24, 2.45) is 0 Å². The lowest BCUT2D eigenvalue weighted by Gasteiger charge is -2.16. The third kappa shape index (κ3) is 4.83. The molecular weight excluding hydrogens is 428 g/mol. The van der Waals surface area contributed by atoms with Crippen LogP contribution in [0.3, 0.4) is 0 Å². The van der Waals surface area contributed by atoms with Gasteiger partial charge in [0.2, 0.25) is 0 Å². The van der Waals surface area contributed by atoms with Crippen LogP contribution in [-0.4, -0.2) is 19.8 Å². The molecule has 156 valence electrons. The van der Waals surface area contributed by atoms with Crippen molar-refractivity contribution in [2.45, 2.75) is 6.36 Å². The summed E-state index contributed by atoms with van der Waals surface area (Å²) in [6, 6.07) is 11.9. The van der Waals surface area contributed by atoms with Crippen LogP contribution >= 0.6 is 11.6 Å². The molecule has 9 heteroatoms. The van der Waals surface area contributed by atoms with Gasteiger partial charge in [0.25, 0.3) is 0 Å². The van der Waals surface area contributed by atoms with Crippen LogP contribution in [0.15, 0.2) is 54.6 Å². The summed E-state index contributed by atoms with van der Waals surface area (Å²) < 4.78 is 66.8. The van der Waals surface area contributed by atoms with Crippen LogP contribution in [0.1, 0.15) is 10.4 Å². The number of benzene rings is 3. The van der Waals surface area contributed by atoms with E-state index in [9.17, 15) is 22.4 Å². The molecule has 0 N–H and O–H groups in total. The summed E-state index contributed by atoms with van der Waals surface area (Å²) in [6.07, 6.45) is -4.22. The van der Waals surface area contributed by atoms with Crippen LogP contribution < -0.4 is 14.2 Å². The SMILES string of the molecule is COc1cc(OC(F)(F)F)ccc1Oc1ccc(Cl)c(F)c1-c1ccc(C=O)cc1. The molecule has 0 heterocycles. The van der Waals surface area contributed by atoms with Crippen molar-refractivity contribution >= 4 is 17.9 Å². The molecule has 0 unspecified atom stereocenters. The fraction of sp³-hybridized carbons (Fsp3) is 0.0952. The highest BCUT2D eigenvalue weighted by molar-refractivity contribution is 6.31. The van der Waals surface area contributed by atoms with Gasteiger partial charge in [0.05, 0.1) is 17.7 Å². The molecular formula is C21H13ClF4O4. The lowest BCUT2D eigenvalue weighted by Crippen LogP contribution is -2.17. The first-order chi connectivity index (χ1) is 14.2. The zero-order chi connectivity index (χ0) is 21.9. The van der Waals surface area contributed by atoms with Crippen molar-refractivity contribution in [1.82, 2.24) is 0 Å². The van der Waals surface area contributed by atoms with Gasteiger partial charge < -0.3 is 14.2 Å². The zero-order valence-electron chi connectivity index (χ0n) is 15.3. The molecule has 0 saturated carbocycles. The number of ether oxygens (including phenoxy) is 3. The Balaban J connectivity index is 2.02. The minimum Gasteiger partial charge on any atom is -0.493 e. The summed E-state index contributed by atoms with van der Waals surface area (Å²) in [5.41, 5.74) is 0.787. The van der Waals surface area contributed by atoms with Gasteiger partial charge in [-0.2, -0.15) is 0 Å². The topological polar surface area (TPSA) is 44.8 Å². The minimum absolute atomic E-state index is 0.0117. The average Bonchev–Trinajstić information content (AvgIpc) is 2.71. The van der Waals surface area contributed by atoms with Gasteiger partial charge in [-0.05, 0) is 29.8 Å². The maximum Gasteiger partial charge on any atom is 0.573 e. The Morgan fingerprint density at radius 1 is 0.933 bits per heavy atom. The maximum atomic E-state index is 14.8. The van der Waals surface area contributed by atoms with E-state index < -0.39 is 17.9 Å². The standard InChI is InChI=1S/C21H13ClF4O4/c1-28-18-10-14(30-21(24,25)26)6-8-16(18)29-17-9-7-15(22)20(23)19(17)13-4-2-12(11-27)3-5-13/h2-11H,1H3. The summed E-state index contributed by atoms with van der Waals surface area (Å²) >= 11 is 5.90. The molecule has 0 atom stereocenters. The molecule has 0 bridgehead atoms. The summed E-state index contributed by atoms with van der Waals surface area (Å²) in [7, 11) is 1.24. The second kappa shape index (κ2) is 8.62. The summed E-state index contributed by atoms with van der Waals surface area (Å²) in [6.45, 7) is 0. The van der Waals surface area contributed by atoms with E-state index in [1.165, 1.54) is 49.6 Å². The van der Waals surface area contributed by atoms with E-state index in [1.54, 1.807) is 0 Å². The average molecular weight is 441 g/mol. The maximum absolute atomic E-state index is 14.8. The number of carbonyl (C=O) groups is 1. The van der Waals surface area contributed by atoms with E-state index in [0.29, 0.717) is 17.4 Å². The zero-order valence-corrected chi connectivity index (χ0v) is 16.1. The van der Waals surface area contributed by atoms with E-state index in [4.69, 9.17) is 21.1 Å². The lowest BCUT2D eigenvalue weighted by atomic mass is 10.0. The Morgan fingerprint density at radius 2 is 1.60 bits per heavy atom. The van der Waals surface area contributed by atoms with Gasteiger partial charge in [0, 0.05) is 11.6 Å². The van der Waals surface area contributed by atoms with Crippen molar-refractivity contribution in [2.75, 3.05) is 7.11 Å². The van der Waals surface area contributed by atoms with Gasteiger partial charge in [0.1, 0.15) is 17.8 Å². The Bertz CT molecular complexity index is 1070. The van der Waals surface area contributed by atoms with Gasteiger partial charge in [-0.25, -0.2) is 4.39 Å².